The van der Waals surface area contributed by atoms with Crippen molar-refractivity contribution in [2.24, 2.45) is 11.1 Å². The number of amides is 2. The van der Waals surface area contributed by atoms with Gasteiger partial charge in [0.1, 0.15) is 0 Å². The van der Waals surface area contributed by atoms with Gasteiger partial charge in [0.05, 0.1) is 5.56 Å². The predicted octanol–water partition coefficient (Wildman–Crippen LogP) is 4.53. The van der Waals surface area contributed by atoms with Crippen LogP contribution in [0, 0.1) is 11.5 Å². The summed E-state index contributed by atoms with van der Waals surface area (Å²) in [7, 11) is 0. The van der Waals surface area contributed by atoms with Crippen LogP contribution < -0.4 is 5.73 Å². The van der Waals surface area contributed by atoms with Gasteiger partial charge in [-0.3, -0.25) is 9.69 Å². The summed E-state index contributed by atoms with van der Waals surface area (Å²) in [6.45, 7) is 5.43. The number of ketones is 1. The molecule has 1 aliphatic heterocycles. The Morgan fingerprint density at radius 1 is 1.30 bits per heavy atom. The van der Waals surface area contributed by atoms with E-state index in [4.69, 9.17) is 5.73 Å². The van der Waals surface area contributed by atoms with E-state index >= 15 is 0 Å². The number of nitrogens with two attached hydrogens (primary N) is 1. The van der Waals surface area contributed by atoms with Gasteiger partial charge in [-0.05, 0) is 36.5 Å². The lowest BCUT2D eigenvalue weighted by molar-refractivity contribution is -0.137. The Kier molecular flexibility index (Phi) is 4.44. The van der Waals surface area contributed by atoms with Crippen molar-refractivity contribution >= 4 is 11.8 Å². The number of allylic oxidation sites excluding steroid dienone is 4. The molecule has 0 aromatic heterocycles. The minimum atomic E-state index is -4.49. The van der Waals surface area contributed by atoms with Gasteiger partial charge in [-0.2, -0.15) is 13.2 Å². The van der Waals surface area contributed by atoms with Gasteiger partial charge >= 0.3 is 12.2 Å². The van der Waals surface area contributed by atoms with Crippen molar-refractivity contribution in [2.45, 2.75) is 45.7 Å². The summed E-state index contributed by atoms with van der Waals surface area (Å²) in [5, 5.41) is 0. The Morgan fingerprint density at radius 2 is 1.96 bits per heavy atom. The van der Waals surface area contributed by atoms with E-state index in [1.54, 1.807) is 6.92 Å². The first-order valence-corrected chi connectivity index (χ1v) is 8.54. The number of primary amides is 1. The van der Waals surface area contributed by atoms with E-state index < -0.39 is 23.7 Å². The Hall–Kier alpha value is -2.57. The lowest BCUT2D eigenvalue weighted by Gasteiger charge is -2.41. The normalized spacial score (nSPS) is 22.4. The molecule has 2 aliphatic rings. The summed E-state index contributed by atoms with van der Waals surface area (Å²) in [6, 6.07) is 4.13. The molecule has 27 heavy (non-hydrogen) atoms. The predicted molar refractivity (Wildman–Crippen MR) is 93.1 cm³/mol. The summed E-state index contributed by atoms with van der Waals surface area (Å²) in [5.41, 5.74) is 5.79. The Balaban J connectivity index is 2.18. The first-order valence-electron chi connectivity index (χ1n) is 8.54. The highest BCUT2D eigenvalue weighted by molar-refractivity contribution is 6.00. The maximum atomic E-state index is 13.1. The Labute approximate surface area is 155 Å². The van der Waals surface area contributed by atoms with Gasteiger partial charge in [-0.15, -0.1) is 0 Å². The number of Topliss-reactive ketones (excluding diaryl/α,β-unsaturated/α-hetero) is 1. The topological polar surface area (TPSA) is 63.4 Å². The average molecular weight is 377 g/mol. The molecular formula is C20H20F3N2O2. The highest BCUT2D eigenvalue weighted by Gasteiger charge is 2.42. The molecule has 0 saturated carbocycles. The fraction of sp³-hybridized carbons (Fsp3) is 0.400. The molecule has 1 heterocycles. The van der Waals surface area contributed by atoms with Crippen LogP contribution in [0.1, 0.15) is 50.7 Å². The number of hydrogen-bond acceptors (Lipinski definition) is 2. The monoisotopic (exact) mass is 377 g/mol. The molecule has 0 spiro atoms. The van der Waals surface area contributed by atoms with Crippen LogP contribution in [0.2, 0.25) is 0 Å². The number of alkyl halides is 3. The Morgan fingerprint density at radius 3 is 2.56 bits per heavy atom. The molecule has 143 valence electrons. The third-order valence-corrected chi connectivity index (χ3v) is 4.91. The molecule has 2 N–H and O–H groups in total. The molecule has 3 rings (SSSR count). The number of benzene rings is 1. The summed E-state index contributed by atoms with van der Waals surface area (Å²) in [5.74, 6) is -0.962. The van der Waals surface area contributed by atoms with Gasteiger partial charge in [-0.25, -0.2) is 4.79 Å². The fourth-order valence-electron chi connectivity index (χ4n) is 3.82. The second kappa shape index (κ2) is 6.25. The van der Waals surface area contributed by atoms with Crippen molar-refractivity contribution in [3.05, 3.63) is 58.4 Å². The zero-order valence-electron chi connectivity index (χ0n) is 15.3. The Bertz CT molecular complexity index is 881. The lowest BCUT2D eigenvalue weighted by atomic mass is 9.70. The zero-order valence-corrected chi connectivity index (χ0v) is 15.3. The maximum absolute atomic E-state index is 13.1. The maximum Gasteiger partial charge on any atom is 0.416 e. The van der Waals surface area contributed by atoms with Gasteiger partial charge < -0.3 is 5.73 Å². The van der Waals surface area contributed by atoms with Crippen LogP contribution in [0.4, 0.5) is 18.0 Å². The van der Waals surface area contributed by atoms with Crippen molar-refractivity contribution in [3.63, 3.8) is 0 Å². The van der Waals surface area contributed by atoms with E-state index in [-0.39, 0.29) is 17.6 Å². The van der Waals surface area contributed by atoms with Crippen molar-refractivity contribution in [3.8, 4) is 0 Å². The van der Waals surface area contributed by atoms with Crippen LogP contribution >= 0.6 is 0 Å². The number of nitrogens with zero attached hydrogens (tertiary/aromatic N) is 1. The second-order valence-electron chi connectivity index (χ2n) is 7.76. The van der Waals surface area contributed by atoms with Gasteiger partial charge in [0.25, 0.3) is 0 Å². The molecule has 1 aromatic rings. The van der Waals surface area contributed by atoms with Crippen molar-refractivity contribution in [2.75, 3.05) is 0 Å². The molecule has 1 radical (unpaired) electrons. The van der Waals surface area contributed by atoms with Gasteiger partial charge in [0, 0.05) is 29.3 Å². The first-order chi connectivity index (χ1) is 12.4. The largest absolute Gasteiger partial charge is 0.416 e. The van der Waals surface area contributed by atoms with E-state index in [1.165, 1.54) is 17.0 Å². The molecule has 4 nitrogen and oxygen atoms in total. The number of carbonyl (C=O) groups excluding carboxylic acids is 2. The van der Waals surface area contributed by atoms with Crippen LogP contribution in [0.3, 0.4) is 0 Å². The molecule has 2 amide bonds. The summed E-state index contributed by atoms with van der Waals surface area (Å²) < 4.78 is 39.4. The van der Waals surface area contributed by atoms with Crippen LogP contribution in [0.5, 0.6) is 0 Å². The fourth-order valence-corrected chi connectivity index (χ4v) is 3.82. The van der Waals surface area contributed by atoms with Crippen LogP contribution in [0.25, 0.3) is 0 Å². The SMILES string of the molecule is CC1=[C]C(c2cccc(C(F)(F)F)c2)C2=C(CC(C)(C)CC2=O)N1C(N)=O. The van der Waals surface area contributed by atoms with E-state index in [1.807, 2.05) is 13.8 Å². The van der Waals surface area contributed by atoms with Crippen LogP contribution in [0.15, 0.2) is 41.2 Å². The molecule has 1 unspecified atom stereocenters. The van der Waals surface area contributed by atoms with Gasteiger partial charge in [0.2, 0.25) is 0 Å². The summed E-state index contributed by atoms with van der Waals surface area (Å²) >= 11 is 0. The highest BCUT2D eigenvalue weighted by atomic mass is 19.4. The van der Waals surface area contributed by atoms with Crippen molar-refractivity contribution in [1.82, 2.24) is 4.90 Å². The third kappa shape index (κ3) is 3.50. The second-order valence-corrected chi connectivity index (χ2v) is 7.76. The van der Waals surface area contributed by atoms with Crippen molar-refractivity contribution in [1.29, 1.82) is 0 Å². The molecular weight excluding hydrogens is 357 g/mol. The molecule has 1 aromatic carbocycles. The molecule has 1 aliphatic carbocycles. The lowest BCUT2D eigenvalue weighted by Crippen LogP contribution is -2.42. The standard InChI is InChI=1S/C20H20F3N2O2/c1-11-7-14(12-5-4-6-13(8-12)20(21,22)23)17-15(25(11)18(24)27)9-19(2,3)10-16(17)26/h4-6,8,14H,9-10H2,1-3H3,(H2,24,27). The molecule has 1 atom stereocenters. The molecule has 0 bridgehead atoms. The van der Waals surface area contributed by atoms with E-state index in [9.17, 15) is 22.8 Å². The van der Waals surface area contributed by atoms with Crippen LogP contribution in [-0.2, 0) is 11.0 Å². The van der Waals surface area contributed by atoms with E-state index in [0.29, 0.717) is 29.0 Å². The van der Waals surface area contributed by atoms with E-state index in [2.05, 4.69) is 6.08 Å². The molecule has 7 heteroatoms. The van der Waals surface area contributed by atoms with E-state index in [0.717, 1.165) is 12.1 Å². The molecule has 0 fully saturated rings. The smallest absolute Gasteiger partial charge is 0.351 e. The van der Waals surface area contributed by atoms with Crippen molar-refractivity contribution < 1.29 is 22.8 Å². The third-order valence-electron chi connectivity index (χ3n) is 4.91. The first kappa shape index (κ1) is 19.2. The quantitative estimate of drug-likeness (QED) is 0.781. The summed E-state index contributed by atoms with van der Waals surface area (Å²) in [6.07, 6.45) is -0.825. The zero-order chi connectivity index (χ0) is 20.1. The number of carbonyl (C=O) groups is 2. The minimum Gasteiger partial charge on any atom is -0.351 e. The van der Waals surface area contributed by atoms with Gasteiger partial charge in [-0.1, -0.05) is 32.0 Å². The minimum absolute atomic E-state index is 0.199. The summed E-state index contributed by atoms with van der Waals surface area (Å²) in [4.78, 5) is 26.1. The van der Waals surface area contributed by atoms with Gasteiger partial charge in [0.15, 0.2) is 5.78 Å². The number of rotatable bonds is 1. The number of urea groups is 1. The molecule has 0 saturated heterocycles. The highest BCUT2D eigenvalue weighted by Crippen LogP contribution is 2.47. The average Bonchev–Trinajstić information content (AvgIpc) is 2.51. The van der Waals surface area contributed by atoms with Crippen LogP contribution in [-0.4, -0.2) is 16.7 Å². The number of hydrogen-bond donors (Lipinski definition) is 1. The number of halogens is 3.